The number of fused-ring (bicyclic) bond motifs is 1. The lowest BCUT2D eigenvalue weighted by atomic mass is 10.1. The predicted octanol–water partition coefficient (Wildman–Crippen LogP) is 7.80. The molecule has 3 aromatic rings. The molecule has 1 aliphatic rings. The quantitative estimate of drug-likeness (QED) is 0.230. The van der Waals surface area contributed by atoms with Crippen molar-refractivity contribution in [3.63, 3.8) is 0 Å². The Balaban J connectivity index is 1.44. The molecule has 2 aromatic heterocycles. The van der Waals surface area contributed by atoms with Gasteiger partial charge in [0.25, 0.3) is 0 Å². The molecule has 1 saturated carbocycles. The van der Waals surface area contributed by atoms with E-state index in [4.69, 9.17) is 14.5 Å². The van der Waals surface area contributed by atoms with Gasteiger partial charge in [-0.15, -0.1) is 0 Å². The lowest BCUT2D eigenvalue weighted by Crippen LogP contribution is -2.42. The van der Waals surface area contributed by atoms with E-state index >= 15 is 0 Å². The minimum atomic E-state index is -0.594. The van der Waals surface area contributed by atoms with Crippen LogP contribution in [-0.2, 0) is 15.9 Å². The number of aryl methyl sites for hydroxylation is 3. The summed E-state index contributed by atoms with van der Waals surface area (Å²) in [7, 11) is 0. The number of benzene rings is 1. The summed E-state index contributed by atoms with van der Waals surface area (Å²) in [6, 6.07) is 10.5. The van der Waals surface area contributed by atoms with Crippen molar-refractivity contribution in [2.45, 2.75) is 112 Å². The molecule has 0 N–H and O–H groups in total. The maximum atomic E-state index is 13.4. The molecule has 2 amide bonds. The first kappa shape index (κ1) is 34.3. The predicted molar refractivity (Wildman–Crippen MR) is 178 cm³/mol. The van der Waals surface area contributed by atoms with Crippen LogP contribution in [0.4, 0.5) is 9.59 Å². The second-order valence-corrected chi connectivity index (χ2v) is 14.6. The lowest BCUT2D eigenvalue weighted by Gasteiger charge is -2.31. The van der Waals surface area contributed by atoms with E-state index in [0.717, 1.165) is 48.2 Å². The summed E-state index contributed by atoms with van der Waals surface area (Å²) in [5, 5.41) is 1.14. The molecule has 9 heteroatoms. The smallest absolute Gasteiger partial charge is 0.410 e. The summed E-state index contributed by atoms with van der Waals surface area (Å²) in [6.45, 7) is 19.6. The first-order valence-corrected chi connectivity index (χ1v) is 16.4. The van der Waals surface area contributed by atoms with Gasteiger partial charge in [-0.05, 0) is 111 Å². The van der Waals surface area contributed by atoms with Crippen LogP contribution in [0.2, 0.25) is 0 Å². The van der Waals surface area contributed by atoms with E-state index in [1.165, 1.54) is 11.1 Å². The molecule has 0 unspecified atom stereocenters. The average molecular weight is 620 g/mol. The third kappa shape index (κ3) is 9.68. The molecule has 2 atom stereocenters. The maximum Gasteiger partial charge on any atom is 0.410 e. The van der Waals surface area contributed by atoms with Crippen LogP contribution in [0.3, 0.4) is 0 Å². The number of nitrogens with zero attached hydrogens (tertiary/aromatic N) is 5. The molecule has 0 bridgehead atoms. The van der Waals surface area contributed by atoms with Crippen LogP contribution in [0, 0.1) is 26.7 Å². The molecule has 1 aromatic carbocycles. The average Bonchev–Trinajstić information content (AvgIpc) is 3.52. The van der Waals surface area contributed by atoms with Crippen LogP contribution in [0.5, 0.6) is 0 Å². The van der Waals surface area contributed by atoms with Gasteiger partial charge >= 0.3 is 12.2 Å². The van der Waals surface area contributed by atoms with Crippen molar-refractivity contribution in [3.05, 3.63) is 59.2 Å². The number of carbonyl (C=O) groups excluding carboxylic acids is 2. The van der Waals surface area contributed by atoms with Gasteiger partial charge < -0.3 is 23.8 Å². The van der Waals surface area contributed by atoms with Gasteiger partial charge in [0.1, 0.15) is 22.7 Å². The highest BCUT2D eigenvalue weighted by Gasteiger charge is 2.32. The molecule has 246 valence electrons. The van der Waals surface area contributed by atoms with Crippen molar-refractivity contribution in [1.82, 2.24) is 24.3 Å². The van der Waals surface area contributed by atoms with Gasteiger partial charge in [-0.2, -0.15) is 0 Å². The zero-order valence-electron chi connectivity index (χ0n) is 28.9. The Labute approximate surface area is 269 Å². The summed E-state index contributed by atoms with van der Waals surface area (Å²) in [5.74, 6) is 1.12. The van der Waals surface area contributed by atoms with E-state index in [1.54, 1.807) is 4.90 Å². The van der Waals surface area contributed by atoms with Crippen LogP contribution in [-0.4, -0.2) is 73.9 Å². The second kappa shape index (κ2) is 14.2. The fourth-order valence-electron chi connectivity index (χ4n) is 6.30. The number of amides is 2. The van der Waals surface area contributed by atoms with Crippen molar-refractivity contribution in [2.75, 3.05) is 26.2 Å². The van der Waals surface area contributed by atoms with Crippen molar-refractivity contribution >= 4 is 23.2 Å². The minimum absolute atomic E-state index is 0.305. The standard InChI is InChI=1S/C36H53N5O4/c1-25-23-41(32-31(25)26(2)37-27(3)38-32)30-17-16-29(22-30)24-40(34(43)45-36(7,8)9)20-13-19-39(33(42)44-35(4,5)6)21-18-28-14-11-10-12-15-28/h10-12,14-15,23,29-30H,13,16-22,24H2,1-9H3/t29-,30+/m1/s1. The Bertz CT molecular complexity index is 1450. The first-order chi connectivity index (χ1) is 21.1. The molecule has 4 rings (SSSR count). The molecule has 45 heavy (non-hydrogen) atoms. The van der Waals surface area contributed by atoms with Crippen molar-refractivity contribution in [1.29, 1.82) is 0 Å². The monoisotopic (exact) mass is 619 g/mol. The second-order valence-electron chi connectivity index (χ2n) is 14.6. The van der Waals surface area contributed by atoms with Crippen LogP contribution < -0.4 is 0 Å². The SMILES string of the molecule is Cc1nc(C)c2c(C)cn([C@H]3CC[C@@H](CN(CCCN(CCc4ccccc4)C(=O)OC(C)(C)C)C(=O)OC(C)(C)C)C3)c2n1. The van der Waals surface area contributed by atoms with Gasteiger partial charge in [-0.1, -0.05) is 30.3 Å². The van der Waals surface area contributed by atoms with Crippen LogP contribution in [0.25, 0.3) is 11.0 Å². The van der Waals surface area contributed by atoms with E-state index < -0.39 is 11.2 Å². The zero-order valence-corrected chi connectivity index (χ0v) is 28.9. The fraction of sp³-hybridized carbons (Fsp3) is 0.611. The van der Waals surface area contributed by atoms with Crippen LogP contribution in [0.15, 0.2) is 36.5 Å². The van der Waals surface area contributed by atoms with Gasteiger partial charge in [0.2, 0.25) is 0 Å². The summed E-state index contributed by atoms with van der Waals surface area (Å²) >= 11 is 0. The number of rotatable bonds is 10. The van der Waals surface area contributed by atoms with Crippen molar-refractivity contribution < 1.29 is 19.1 Å². The van der Waals surface area contributed by atoms with Gasteiger partial charge in [0, 0.05) is 43.8 Å². The number of ether oxygens (including phenoxy) is 2. The van der Waals surface area contributed by atoms with E-state index in [1.807, 2.05) is 71.6 Å². The zero-order chi connectivity index (χ0) is 32.9. The summed E-state index contributed by atoms with van der Waals surface area (Å²) in [5.41, 5.74) is 3.20. The molecular weight excluding hydrogens is 566 g/mol. The highest BCUT2D eigenvalue weighted by atomic mass is 16.6. The third-order valence-corrected chi connectivity index (χ3v) is 8.21. The molecule has 0 aliphatic heterocycles. The first-order valence-electron chi connectivity index (χ1n) is 16.4. The number of hydrogen-bond donors (Lipinski definition) is 0. The molecule has 0 radical (unpaired) electrons. The van der Waals surface area contributed by atoms with Gasteiger partial charge in [-0.3, -0.25) is 0 Å². The van der Waals surface area contributed by atoms with Gasteiger partial charge in [-0.25, -0.2) is 19.6 Å². The Morgan fingerprint density at radius 3 is 2.13 bits per heavy atom. The lowest BCUT2D eigenvalue weighted by molar-refractivity contribution is 0.0186. The Morgan fingerprint density at radius 2 is 1.49 bits per heavy atom. The molecule has 1 aliphatic carbocycles. The molecule has 9 nitrogen and oxygen atoms in total. The normalized spacial score (nSPS) is 17.0. The summed E-state index contributed by atoms with van der Waals surface area (Å²) in [4.78, 5) is 39.6. The molecule has 0 saturated heterocycles. The molecule has 0 spiro atoms. The fourth-order valence-corrected chi connectivity index (χ4v) is 6.30. The van der Waals surface area contributed by atoms with E-state index in [2.05, 4.69) is 41.7 Å². The number of aromatic nitrogens is 3. The minimum Gasteiger partial charge on any atom is -0.444 e. The number of carbonyl (C=O) groups is 2. The van der Waals surface area contributed by atoms with Crippen LogP contribution >= 0.6 is 0 Å². The van der Waals surface area contributed by atoms with Gasteiger partial charge in [0.05, 0.1) is 5.69 Å². The number of hydrogen-bond acceptors (Lipinski definition) is 6. The molecule has 1 fully saturated rings. The van der Waals surface area contributed by atoms with Crippen LogP contribution in [0.1, 0.15) is 95.9 Å². The van der Waals surface area contributed by atoms with E-state index in [-0.39, 0.29) is 12.2 Å². The van der Waals surface area contributed by atoms with Crippen molar-refractivity contribution in [2.24, 2.45) is 5.92 Å². The van der Waals surface area contributed by atoms with E-state index in [9.17, 15) is 9.59 Å². The molecule has 2 heterocycles. The Hall–Kier alpha value is -3.62. The maximum absolute atomic E-state index is 13.4. The Kier molecular flexibility index (Phi) is 10.8. The van der Waals surface area contributed by atoms with Gasteiger partial charge in [0.15, 0.2) is 0 Å². The molecular formula is C36H53N5O4. The third-order valence-electron chi connectivity index (χ3n) is 8.21. The van der Waals surface area contributed by atoms with E-state index in [0.29, 0.717) is 44.6 Å². The topological polar surface area (TPSA) is 89.8 Å². The Morgan fingerprint density at radius 1 is 0.867 bits per heavy atom. The largest absolute Gasteiger partial charge is 0.444 e. The highest BCUT2D eigenvalue weighted by molar-refractivity contribution is 5.82. The van der Waals surface area contributed by atoms with Crippen molar-refractivity contribution in [3.8, 4) is 0 Å². The summed E-state index contributed by atoms with van der Waals surface area (Å²) in [6.07, 6.45) is 5.95. The summed E-state index contributed by atoms with van der Waals surface area (Å²) < 4.78 is 13.9. The highest BCUT2D eigenvalue weighted by Crippen LogP contribution is 2.38.